The number of hydrogen-bond donors (Lipinski definition) is 2. The molecule has 0 radical (unpaired) electrons. The minimum absolute atomic E-state index is 0.135. The van der Waals surface area contributed by atoms with Gasteiger partial charge in [-0.3, -0.25) is 14.4 Å². The number of hydrogen-bond acceptors (Lipinski definition) is 9. The fraction of sp³-hybridized carbons (Fsp3) is 0.531. The van der Waals surface area contributed by atoms with E-state index in [1.165, 1.54) is 24.4 Å². The van der Waals surface area contributed by atoms with Crippen molar-refractivity contribution in [3.63, 3.8) is 0 Å². The molecule has 12 nitrogen and oxygen atoms in total. The Labute approximate surface area is 265 Å². The fourth-order valence-electron chi connectivity index (χ4n) is 6.17. The van der Waals surface area contributed by atoms with E-state index in [-0.39, 0.29) is 55.0 Å². The van der Waals surface area contributed by atoms with Crippen molar-refractivity contribution >= 4 is 27.5 Å². The zero-order valence-electron chi connectivity index (χ0n) is 27.1. The van der Waals surface area contributed by atoms with Crippen LogP contribution in [0.5, 0.6) is 17.2 Å². The van der Waals surface area contributed by atoms with Crippen LogP contribution in [-0.2, 0) is 26.0 Å². The van der Waals surface area contributed by atoms with Crippen LogP contribution in [0.2, 0.25) is 0 Å². The fourth-order valence-corrected chi connectivity index (χ4v) is 6.99. The molecule has 1 heterocycles. The summed E-state index contributed by atoms with van der Waals surface area (Å²) >= 11 is 0. The number of piperazine rings is 1. The van der Waals surface area contributed by atoms with E-state index >= 15 is 0 Å². The number of carbonyl (C=O) groups excluding carboxylic acids is 2. The highest BCUT2D eigenvalue weighted by atomic mass is 32.2. The normalized spacial score (nSPS) is 17.4. The number of carbonyl (C=O) groups is 2. The number of amides is 2. The highest BCUT2D eigenvalue weighted by Crippen LogP contribution is 2.50. The molecular weight excluding hydrogens is 600 g/mol. The minimum Gasteiger partial charge on any atom is -0.493 e. The highest BCUT2D eigenvalue weighted by Gasteiger charge is 2.32. The Kier molecular flexibility index (Phi) is 10.6. The topological polar surface area (TPSA) is 144 Å². The molecule has 2 atom stereocenters. The number of ether oxygens (including phenoxy) is 3. The summed E-state index contributed by atoms with van der Waals surface area (Å²) in [4.78, 5) is 41.5. The molecule has 2 amide bonds. The molecule has 2 aromatic rings. The van der Waals surface area contributed by atoms with E-state index in [0.29, 0.717) is 47.6 Å². The molecule has 0 unspecified atom stereocenters. The second kappa shape index (κ2) is 14.1. The first kappa shape index (κ1) is 34.0. The molecule has 2 aliphatic rings. The van der Waals surface area contributed by atoms with Gasteiger partial charge in [-0.25, -0.2) is 8.42 Å². The van der Waals surface area contributed by atoms with E-state index in [1.54, 1.807) is 25.2 Å². The Morgan fingerprint density at radius 2 is 1.67 bits per heavy atom. The molecule has 1 aliphatic carbocycles. The lowest BCUT2D eigenvalue weighted by Crippen LogP contribution is -2.54. The van der Waals surface area contributed by atoms with Gasteiger partial charge in [0.15, 0.2) is 11.5 Å². The molecule has 2 aromatic carbocycles. The SMILES string of the molecule is COc1cc2c(c(OC)c1OC)-c1ccc(N[C@@H](CC(C)C)C(=O)N3CCN(S(C)(=O)=O)CC3)c(=O)cc1[C@@H](NC(C)=O)CC2. The predicted octanol–water partition coefficient (Wildman–Crippen LogP) is 2.79. The van der Waals surface area contributed by atoms with Gasteiger partial charge in [0.2, 0.25) is 33.0 Å². The summed E-state index contributed by atoms with van der Waals surface area (Å²) in [6, 6.07) is 5.72. The molecule has 1 fully saturated rings. The average molecular weight is 645 g/mol. The number of fused-ring (bicyclic) bond motifs is 3. The lowest BCUT2D eigenvalue weighted by atomic mass is 9.95. The summed E-state index contributed by atoms with van der Waals surface area (Å²) < 4.78 is 42.4. The molecule has 2 N–H and O–H groups in total. The van der Waals surface area contributed by atoms with Crippen LogP contribution in [0.15, 0.2) is 29.1 Å². The standard InChI is InChI=1S/C32H44N4O8S/c1-19(2)16-26(32(39)35-12-14-36(15-13-35)45(7,40)41)34-25-11-9-22-23(18-27(25)38)24(33-20(3)37)10-8-21-17-28(42-4)30(43-5)31(44-6)29(21)22/h9,11,17-19,24,26H,8,10,12-16H2,1-7H3,(H,33,37)(H,34,38)/t24-,26-/m0/s1. The van der Waals surface area contributed by atoms with Crippen LogP contribution in [0.3, 0.4) is 0 Å². The van der Waals surface area contributed by atoms with E-state index in [2.05, 4.69) is 10.6 Å². The third-order valence-electron chi connectivity index (χ3n) is 8.27. The van der Waals surface area contributed by atoms with E-state index in [0.717, 1.165) is 17.4 Å². The maximum Gasteiger partial charge on any atom is 0.245 e. The Bertz CT molecular complexity index is 1600. The number of aryl methyl sites for hydroxylation is 1. The van der Waals surface area contributed by atoms with Crippen LogP contribution >= 0.6 is 0 Å². The van der Waals surface area contributed by atoms with Crippen LogP contribution in [0, 0.1) is 5.92 Å². The van der Waals surface area contributed by atoms with Crippen LogP contribution in [0.25, 0.3) is 11.1 Å². The van der Waals surface area contributed by atoms with E-state index < -0.39 is 22.1 Å². The summed E-state index contributed by atoms with van der Waals surface area (Å²) in [5, 5.41) is 6.23. The molecule has 4 rings (SSSR count). The van der Waals surface area contributed by atoms with E-state index in [9.17, 15) is 22.8 Å². The summed E-state index contributed by atoms with van der Waals surface area (Å²) in [7, 11) is 1.28. The first-order valence-electron chi connectivity index (χ1n) is 15.1. The van der Waals surface area contributed by atoms with Crippen molar-refractivity contribution in [1.82, 2.24) is 14.5 Å². The largest absolute Gasteiger partial charge is 0.493 e. The monoisotopic (exact) mass is 644 g/mol. The van der Waals surface area contributed by atoms with Crippen LogP contribution < -0.4 is 30.3 Å². The second-order valence-corrected chi connectivity index (χ2v) is 13.9. The smallest absolute Gasteiger partial charge is 0.245 e. The van der Waals surface area contributed by atoms with Gasteiger partial charge < -0.3 is 29.7 Å². The zero-order valence-corrected chi connectivity index (χ0v) is 27.9. The van der Waals surface area contributed by atoms with Crippen molar-refractivity contribution in [1.29, 1.82) is 0 Å². The quantitative estimate of drug-likeness (QED) is 0.399. The van der Waals surface area contributed by atoms with Gasteiger partial charge in [0.1, 0.15) is 6.04 Å². The molecule has 0 bridgehead atoms. The average Bonchev–Trinajstić information content (AvgIpc) is 3.23. The van der Waals surface area contributed by atoms with Gasteiger partial charge in [-0.2, -0.15) is 4.31 Å². The summed E-state index contributed by atoms with van der Waals surface area (Å²) in [5.74, 6) is 1.08. The van der Waals surface area contributed by atoms with Gasteiger partial charge in [0.25, 0.3) is 0 Å². The van der Waals surface area contributed by atoms with Crippen molar-refractivity contribution in [2.45, 2.75) is 52.1 Å². The molecular formula is C32H44N4O8S. The number of benzene rings is 1. The van der Waals surface area contributed by atoms with Crippen LogP contribution in [0.4, 0.5) is 5.69 Å². The Hall–Kier alpha value is -3.84. The van der Waals surface area contributed by atoms with Gasteiger partial charge >= 0.3 is 0 Å². The lowest BCUT2D eigenvalue weighted by Gasteiger charge is -2.35. The zero-order chi connectivity index (χ0) is 33.1. The van der Waals surface area contributed by atoms with Crippen molar-refractivity contribution in [3.05, 3.63) is 45.6 Å². The molecule has 246 valence electrons. The van der Waals surface area contributed by atoms with Gasteiger partial charge in [-0.05, 0) is 60.1 Å². The van der Waals surface area contributed by atoms with Gasteiger partial charge in [0.05, 0.1) is 39.3 Å². The van der Waals surface area contributed by atoms with Crippen molar-refractivity contribution in [2.24, 2.45) is 5.92 Å². The first-order chi connectivity index (χ1) is 21.3. The third kappa shape index (κ3) is 7.52. The number of nitrogens with zero attached hydrogens (tertiary/aromatic N) is 2. The Morgan fingerprint density at radius 3 is 2.22 bits per heavy atom. The first-order valence-corrected chi connectivity index (χ1v) is 16.9. The van der Waals surface area contributed by atoms with Gasteiger partial charge in [-0.15, -0.1) is 0 Å². The predicted molar refractivity (Wildman–Crippen MR) is 173 cm³/mol. The maximum absolute atomic E-state index is 13.8. The minimum atomic E-state index is -3.35. The number of methoxy groups -OCH3 is 3. The van der Waals surface area contributed by atoms with Crippen LogP contribution in [0.1, 0.15) is 50.8 Å². The molecule has 0 saturated carbocycles. The summed E-state index contributed by atoms with van der Waals surface area (Å²) in [5.41, 5.74) is 2.85. The number of sulfonamides is 1. The molecule has 0 spiro atoms. The van der Waals surface area contributed by atoms with Crippen molar-refractivity contribution in [2.75, 3.05) is 59.1 Å². The lowest BCUT2D eigenvalue weighted by molar-refractivity contribution is -0.133. The summed E-state index contributed by atoms with van der Waals surface area (Å²) in [6.45, 7) is 6.41. The number of nitrogens with one attached hydrogen (secondary N) is 2. The van der Waals surface area contributed by atoms with Gasteiger partial charge in [-0.1, -0.05) is 19.9 Å². The van der Waals surface area contributed by atoms with E-state index in [4.69, 9.17) is 14.2 Å². The Balaban J connectivity index is 1.80. The molecule has 1 aliphatic heterocycles. The molecule has 45 heavy (non-hydrogen) atoms. The molecule has 1 saturated heterocycles. The summed E-state index contributed by atoms with van der Waals surface area (Å²) in [6.07, 6.45) is 2.73. The van der Waals surface area contributed by atoms with Gasteiger partial charge in [0, 0.05) is 38.7 Å². The van der Waals surface area contributed by atoms with Crippen molar-refractivity contribution in [3.8, 4) is 28.4 Å². The second-order valence-electron chi connectivity index (χ2n) is 11.9. The maximum atomic E-state index is 13.8. The van der Waals surface area contributed by atoms with Crippen LogP contribution in [-0.4, -0.2) is 89.2 Å². The highest BCUT2D eigenvalue weighted by molar-refractivity contribution is 7.88. The molecule has 0 aromatic heterocycles. The number of anilines is 1. The Morgan fingerprint density at radius 1 is 1.00 bits per heavy atom. The van der Waals surface area contributed by atoms with E-state index in [1.807, 2.05) is 26.0 Å². The number of rotatable bonds is 10. The third-order valence-corrected chi connectivity index (χ3v) is 9.57. The molecule has 13 heteroatoms. The van der Waals surface area contributed by atoms with Crippen molar-refractivity contribution < 1.29 is 32.2 Å².